The van der Waals surface area contributed by atoms with Crippen LogP contribution in [0.5, 0.6) is 0 Å². The number of fused-ring (bicyclic) bond motifs is 1. The van der Waals surface area contributed by atoms with Crippen molar-refractivity contribution in [2.24, 2.45) is 0 Å². The maximum atomic E-state index is 12.9. The zero-order valence-corrected chi connectivity index (χ0v) is 15.7. The highest BCUT2D eigenvalue weighted by atomic mass is 35.5. The highest BCUT2D eigenvalue weighted by molar-refractivity contribution is 7.92. The fourth-order valence-electron chi connectivity index (χ4n) is 2.89. The molecule has 5 nitrogen and oxygen atoms in total. The van der Waals surface area contributed by atoms with Gasteiger partial charge >= 0.3 is 0 Å². The van der Waals surface area contributed by atoms with E-state index in [0.29, 0.717) is 29.2 Å². The summed E-state index contributed by atoms with van der Waals surface area (Å²) < 4.78 is 28.4. The molecule has 0 aromatic heterocycles. The van der Waals surface area contributed by atoms with Crippen LogP contribution >= 0.6 is 23.2 Å². The molecule has 0 aliphatic carbocycles. The molecule has 0 saturated carbocycles. The topological polar surface area (TPSA) is 66.5 Å². The van der Waals surface area contributed by atoms with Gasteiger partial charge in [-0.2, -0.15) is 0 Å². The Morgan fingerprint density at radius 3 is 2.64 bits per heavy atom. The monoisotopic (exact) mass is 398 g/mol. The lowest BCUT2D eigenvalue weighted by Crippen LogP contribution is -2.35. The van der Waals surface area contributed by atoms with Gasteiger partial charge in [-0.3, -0.25) is 9.52 Å². The Balaban J connectivity index is 2.06. The molecule has 0 spiro atoms. The molecule has 2 aromatic rings. The Kier molecular flexibility index (Phi) is 4.95. The van der Waals surface area contributed by atoms with E-state index in [-0.39, 0.29) is 22.4 Å². The summed E-state index contributed by atoms with van der Waals surface area (Å²) in [5, 5.41) is 0.544. The molecule has 25 heavy (non-hydrogen) atoms. The van der Waals surface area contributed by atoms with Crippen LogP contribution in [0.2, 0.25) is 10.0 Å². The molecule has 0 saturated heterocycles. The number of nitrogens with one attached hydrogen (secondary N) is 1. The Morgan fingerprint density at radius 1 is 1.20 bits per heavy atom. The maximum Gasteiger partial charge on any atom is 0.263 e. The van der Waals surface area contributed by atoms with Crippen molar-refractivity contribution in [1.82, 2.24) is 4.90 Å². The minimum absolute atomic E-state index is 0.0117. The number of amides is 1. The van der Waals surface area contributed by atoms with Crippen LogP contribution in [-0.2, 0) is 27.8 Å². The molecule has 1 heterocycles. The van der Waals surface area contributed by atoms with Crippen molar-refractivity contribution in [3.8, 4) is 0 Å². The second-order valence-corrected chi connectivity index (χ2v) is 8.28. The molecule has 1 amide bonds. The number of rotatable bonds is 3. The van der Waals surface area contributed by atoms with Crippen LogP contribution < -0.4 is 4.72 Å². The van der Waals surface area contributed by atoms with Gasteiger partial charge in [-0.15, -0.1) is 0 Å². The number of carbonyl (C=O) groups is 1. The van der Waals surface area contributed by atoms with Crippen LogP contribution in [0.15, 0.2) is 41.3 Å². The minimum atomic E-state index is -3.93. The lowest BCUT2D eigenvalue weighted by atomic mass is 10.00. The second kappa shape index (κ2) is 6.86. The van der Waals surface area contributed by atoms with E-state index in [1.165, 1.54) is 13.0 Å². The molecule has 8 heteroatoms. The van der Waals surface area contributed by atoms with E-state index in [1.54, 1.807) is 29.2 Å². The molecule has 1 aliphatic rings. The van der Waals surface area contributed by atoms with Crippen molar-refractivity contribution in [2.75, 3.05) is 11.3 Å². The summed E-state index contributed by atoms with van der Waals surface area (Å²) in [6.45, 7) is 2.25. The number of hydrogen-bond donors (Lipinski definition) is 1. The Bertz CT molecular complexity index is 945. The molecule has 0 atom stereocenters. The van der Waals surface area contributed by atoms with Gasteiger partial charge in [0.15, 0.2) is 0 Å². The highest BCUT2D eigenvalue weighted by Gasteiger charge is 2.29. The van der Waals surface area contributed by atoms with E-state index in [4.69, 9.17) is 23.2 Å². The van der Waals surface area contributed by atoms with Gasteiger partial charge in [0.05, 0.1) is 10.7 Å². The molecule has 1 aliphatic heterocycles. The normalized spacial score (nSPS) is 14.1. The van der Waals surface area contributed by atoms with Crippen molar-refractivity contribution in [1.29, 1.82) is 0 Å². The van der Waals surface area contributed by atoms with Gasteiger partial charge in [-0.1, -0.05) is 35.3 Å². The summed E-state index contributed by atoms with van der Waals surface area (Å²) in [5.41, 5.74) is 1.79. The average molecular weight is 399 g/mol. The smallest absolute Gasteiger partial charge is 0.263 e. The van der Waals surface area contributed by atoms with Crippen LogP contribution in [0, 0.1) is 0 Å². The largest absolute Gasteiger partial charge is 0.338 e. The first-order chi connectivity index (χ1) is 11.8. The number of nitrogens with zero attached hydrogens (tertiary/aromatic N) is 1. The van der Waals surface area contributed by atoms with Crippen LogP contribution in [-0.4, -0.2) is 25.8 Å². The van der Waals surface area contributed by atoms with E-state index in [0.717, 1.165) is 5.56 Å². The molecule has 3 rings (SSSR count). The van der Waals surface area contributed by atoms with Crippen molar-refractivity contribution in [3.05, 3.63) is 57.6 Å². The quantitative estimate of drug-likeness (QED) is 0.856. The zero-order chi connectivity index (χ0) is 18.2. The molecule has 0 radical (unpaired) electrons. The van der Waals surface area contributed by atoms with Gasteiger partial charge in [-0.25, -0.2) is 8.42 Å². The van der Waals surface area contributed by atoms with Gasteiger partial charge in [0, 0.05) is 25.0 Å². The summed E-state index contributed by atoms with van der Waals surface area (Å²) in [7, 11) is -3.93. The van der Waals surface area contributed by atoms with E-state index in [9.17, 15) is 13.2 Å². The van der Waals surface area contributed by atoms with Crippen molar-refractivity contribution in [2.45, 2.75) is 24.8 Å². The van der Waals surface area contributed by atoms with Crippen molar-refractivity contribution in [3.63, 3.8) is 0 Å². The van der Waals surface area contributed by atoms with Crippen LogP contribution in [0.3, 0.4) is 0 Å². The van der Waals surface area contributed by atoms with Gasteiger partial charge in [0.1, 0.15) is 4.90 Å². The first kappa shape index (κ1) is 18.0. The standard InChI is InChI=1S/C17H16Cl2N2O3S/c1-11(22)21-8-7-12-5-6-16(19)17(15(12)10-21)25(23,24)20-14-4-2-3-13(18)9-14/h2-6,9,20H,7-8,10H2,1H3. The third kappa shape index (κ3) is 3.76. The third-order valence-electron chi connectivity index (χ3n) is 4.10. The number of anilines is 1. The minimum Gasteiger partial charge on any atom is -0.338 e. The lowest BCUT2D eigenvalue weighted by molar-refractivity contribution is -0.129. The SMILES string of the molecule is CC(=O)N1CCc2ccc(Cl)c(S(=O)(=O)Nc3cccc(Cl)c3)c2C1. The molecule has 0 unspecified atom stereocenters. The third-order valence-corrected chi connectivity index (χ3v) is 6.27. The maximum absolute atomic E-state index is 12.9. The second-order valence-electron chi connectivity index (χ2n) is 5.82. The molecule has 132 valence electrons. The molecular formula is C17H16Cl2N2O3S. The fourth-order valence-corrected chi connectivity index (χ4v) is 4.95. The van der Waals surface area contributed by atoms with Gasteiger partial charge in [-0.05, 0) is 41.8 Å². The van der Waals surface area contributed by atoms with Crippen molar-refractivity contribution < 1.29 is 13.2 Å². The van der Waals surface area contributed by atoms with E-state index < -0.39 is 10.0 Å². The average Bonchev–Trinajstić information content (AvgIpc) is 2.53. The highest BCUT2D eigenvalue weighted by Crippen LogP contribution is 2.33. The number of benzene rings is 2. The molecule has 0 bridgehead atoms. The fraction of sp³-hybridized carbons (Fsp3) is 0.235. The van der Waals surface area contributed by atoms with E-state index in [1.807, 2.05) is 6.07 Å². The first-order valence-corrected chi connectivity index (χ1v) is 9.86. The zero-order valence-electron chi connectivity index (χ0n) is 13.4. The Hall–Kier alpha value is -1.76. The van der Waals surface area contributed by atoms with Crippen LogP contribution in [0.4, 0.5) is 5.69 Å². The van der Waals surface area contributed by atoms with Gasteiger partial charge in [0.2, 0.25) is 5.91 Å². The number of sulfonamides is 1. The number of halogens is 2. The van der Waals surface area contributed by atoms with Gasteiger partial charge < -0.3 is 4.90 Å². The van der Waals surface area contributed by atoms with E-state index >= 15 is 0 Å². The summed E-state index contributed by atoms with van der Waals surface area (Å²) in [6.07, 6.45) is 0.589. The molecule has 2 aromatic carbocycles. The van der Waals surface area contributed by atoms with Crippen LogP contribution in [0.25, 0.3) is 0 Å². The molecule has 0 fully saturated rings. The molecular weight excluding hydrogens is 383 g/mol. The number of hydrogen-bond acceptors (Lipinski definition) is 3. The Morgan fingerprint density at radius 2 is 1.96 bits per heavy atom. The lowest BCUT2D eigenvalue weighted by Gasteiger charge is -2.29. The van der Waals surface area contributed by atoms with Crippen LogP contribution in [0.1, 0.15) is 18.1 Å². The summed E-state index contributed by atoms with van der Waals surface area (Å²) >= 11 is 12.1. The van der Waals surface area contributed by atoms with Crippen molar-refractivity contribution >= 4 is 44.8 Å². The summed E-state index contributed by atoms with van der Waals surface area (Å²) in [6, 6.07) is 9.82. The summed E-state index contributed by atoms with van der Waals surface area (Å²) in [5.74, 6) is -0.100. The summed E-state index contributed by atoms with van der Waals surface area (Å²) in [4.78, 5) is 13.3. The number of carbonyl (C=O) groups excluding carboxylic acids is 1. The van der Waals surface area contributed by atoms with E-state index in [2.05, 4.69) is 4.72 Å². The Labute approximate surface area is 156 Å². The first-order valence-electron chi connectivity index (χ1n) is 7.62. The predicted molar refractivity (Wildman–Crippen MR) is 98.5 cm³/mol. The molecule has 1 N–H and O–H groups in total. The van der Waals surface area contributed by atoms with Gasteiger partial charge in [0.25, 0.3) is 10.0 Å². The predicted octanol–water partition coefficient (Wildman–Crippen LogP) is 3.70.